The van der Waals surface area contributed by atoms with Crippen LogP contribution in [0.15, 0.2) is 0 Å². The minimum Gasteiger partial charge on any atom is -0.367 e. The number of nitrogens with one attached hydrogen (secondary N) is 1. The number of nitrogens with zero attached hydrogens (tertiary/aromatic N) is 5. The number of hydrogen-bond donors (Lipinski definition) is 1. The molecule has 0 aliphatic carbocycles. The van der Waals surface area contributed by atoms with Crippen LogP contribution in [0.4, 0.5) is 5.00 Å². The molecule has 6 nitrogen and oxygen atoms in total. The van der Waals surface area contributed by atoms with E-state index >= 15 is 0 Å². The summed E-state index contributed by atoms with van der Waals surface area (Å²) in [6, 6.07) is 2.05. The van der Waals surface area contributed by atoms with Crippen molar-refractivity contribution in [3.63, 3.8) is 0 Å². The number of aryl methyl sites for hydroxylation is 1. The molecule has 0 atom stereocenters. The van der Waals surface area contributed by atoms with Gasteiger partial charge in [0, 0.05) is 13.0 Å². The molecule has 3 rings (SSSR count). The van der Waals surface area contributed by atoms with Gasteiger partial charge in [-0.3, -0.25) is 0 Å². The predicted octanol–water partition coefficient (Wildman–Crippen LogP) is 2.21. The number of rotatable bonds is 3. The first kappa shape index (κ1) is 12.4. The first-order valence-electron chi connectivity index (χ1n) is 5.99. The average molecular weight is 295 g/mol. The van der Waals surface area contributed by atoms with Gasteiger partial charge in [-0.1, -0.05) is 11.6 Å². The van der Waals surface area contributed by atoms with Gasteiger partial charge in [0.05, 0.1) is 6.54 Å². The van der Waals surface area contributed by atoms with Crippen molar-refractivity contribution in [2.24, 2.45) is 0 Å². The molecule has 19 heavy (non-hydrogen) atoms. The third kappa shape index (κ3) is 2.29. The van der Waals surface area contributed by atoms with Gasteiger partial charge in [-0.25, -0.2) is 0 Å². The van der Waals surface area contributed by atoms with Gasteiger partial charge >= 0.3 is 0 Å². The van der Waals surface area contributed by atoms with Crippen LogP contribution < -0.4 is 5.32 Å². The monoisotopic (exact) mass is 294 g/mol. The molecule has 0 unspecified atom stereocenters. The summed E-state index contributed by atoms with van der Waals surface area (Å²) in [7, 11) is 0. The van der Waals surface area contributed by atoms with Crippen LogP contribution in [0, 0.1) is 11.3 Å². The molecule has 3 heterocycles. The molecule has 0 amide bonds. The molecule has 0 radical (unpaired) electrons. The van der Waals surface area contributed by atoms with Gasteiger partial charge in [0.1, 0.15) is 22.5 Å². The van der Waals surface area contributed by atoms with Crippen molar-refractivity contribution in [3.05, 3.63) is 22.4 Å². The smallest absolute Gasteiger partial charge is 0.162 e. The average Bonchev–Trinajstić information content (AvgIpc) is 3.00. The van der Waals surface area contributed by atoms with Gasteiger partial charge in [-0.05, 0) is 24.4 Å². The summed E-state index contributed by atoms with van der Waals surface area (Å²) < 4.78 is 6.10. The normalized spacial score (nSPS) is 13.9. The van der Waals surface area contributed by atoms with Crippen molar-refractivity contribution in [2.75, 3.05) is 5.32 Å². The Morgan fingerprint density at radius 2 is 2.32 bits per heavy atom. The lowest BCUT2D eigenvalue weighted by molar-refractivity contribution is 0.510. The number of nitriles is 1. The van der Waals surface area contributed by atoms with Crippen molar-refractivity contribution in [2.45, 2.75) is 32.4 Å². The third-order valence-electron chi connectivity index (χ3n) is 3.11. The maximum Gasteiger partial charge on any atom is 0.162 e. The first-order chi connectivity index (χ1) is 9.29. The SMILES string of the molecule is N#Cc1c(Cl)nsc1NCc1nnc2n1CCCC2. The van der Waals surface area contributed by atoms with E-state index in [1.165, 1.54) is 18.0 Å². The van der Waals surface area contributed by atoms with E-state index < -0.39 is 0 Å². The molecule has 8 heteroatoms. The fourth-order valence-corrected chi connectivity index (χ4v) is 3.08. The lowest BCUT2D eigenvalue weighted by atomic mass is 10.2. The van der Waals surface area contributed by atoms with Gasteiger partial charge in [0.15, 0.2) is 11.0 Å². The number of fused-ring (bicyclic) bond motifs is 1. The standard InChI is InChI=1S/C11H11ClN6S/c12-10-7(5-13)11(19-17-10)14-6-9-16-15-8-3-1-2-4-18(8)9/h14H,1-4,6H2. The zero-order chi connectivity index (χ0) is 13.2. The van der Waals surface area contributed by atoms with E-state index in [1.54, 1.807) is 0 Å². The molecule has 1 aliphatic heterocycles. The van der Waals surface area contributed by atoms with Gasteiger partial charge in [0.2, 0.25) is 0 Å². The van der Waals surface area contributed by atoms with Gasteiger partial charge in [0.25, 0.3) is 0 Å². The van der Waals surface area contributed by atoms with E-state index in [1.807, 2.05) is 6.07 Å². The van der Waals surface area contributed by atoms with Gasteiger partial charge < -0.3 is 9.88 Å². The molecule has 0 saturated heterocycles. The summed E-state index contributed by atoms with van der Waals surface area (Å²) in [6.07, 6.45) is 3.32. The van der Waals surface area contributed by atoms with Crippen LogP contribution in [0.5, 0.6) is 0 Å². The van der Waals surface area contributed by atoms with Gasteiger partial charge in [-0.2, -0.15) is 9.64 Å². The quantitative estimate of drug-likeness (QED) is 0.939. The highest BCUT2D eigenvalue weighted by Crippen LogP contribution is 2.28. The molecule has 0 saturated carbocycles. The van der Waals surface area contributed by atoms with E-state index in [2.05, 4.69) is 24.5 Å². The minimum absolute atomic E-state index is 0.248. The Bertz CT molecular complexity index is 640. The lowest BCUT2D eigenvalue weighted by Gasteiger charge is -2.14. The minimum atomic E-state index is 0.248. The summed E-state index contributed by atoms with van der Waals surface area (Å²) in [4.78, 5) is 0. The summed E-state index contributed by atoms with van der Waals surface area (Å²) in [5.74, 6) is 1.94. The van der Waals surface area contributed by atoms with Crippen molar-refractivity contribution in [1.82, 2.24) is 19.1 Å². The Morgan fingerprint density at radius 1 is 1.42 bits per heavy atom. The number of hydrogen-bond acceptors (Lipinski definition) is 6. The number of anilines is 1. The summed E-state index contributed by atoms with van der Waals surface area (Å²) in [6.45, 7) is 1.49. The maximum atomic E-state index is 9.00. The van der Waals surface area contributed by atoms with Crippen LogP contribution >= 0.6 is 23.1 Å². The molecule has 0 fully saturated rings. The lowest BCUT2D eigenvalue weighted by Crippen LogP contribution is -2.15. The molecule has 2 aromatic heterocycles. The molecule has 1 aliphatic rings. The Labute approximate surface area is 119 Å². The Kier molecular flexibility index (Phi) is 3.36. The number of halogens is 1. The van der Waals surface area contributed by atoms with Crippen LogP contribution in [0.2, 0.25) is 5.15 Å². The van der Waals surface area contributed by atoms with Crippen LogP contribution in [0.1, 0.15) is 30.1 Å². The summed E-state index contributed by atoms with van der Waals surface area (Å²) >= 11 is 7.01. The molecule has 1 N–H and O–H groups in total. The molecular formula is C11H11ClN6S. The molecule has 0 bridgehead atoms. The van der Waals surface area contributed by atoms with Crippen LogP contribution in [-0.4, -0.2) is 19.1 Å². The van der Waals surface area contributed by atoms with E-state index in [0.29, 0.717) is 17.1 Å². The maximum absolute atomic E-state index is 9.00. The second-order valence-corrected chi connectivity index (χ2v) is 5.42. The van der Waals surface area contributed by atoms with Crippen molar-refractivity contribution >= 4 is 28.1 Å². The van der Waals surface area contributed by atoms with E-state index in [-0.39, 0.29) is 5.15 Å². The Balaban J connectivity index is 1.76. The molecule has 98 valence electrons. The molecule has 2 aromatic rings. The molecular weight excluding hydrogens is 284 g/mol. The highest BCUT2D eigenvalue weighted by Gasteiger charge is 2.17. The number of aromatic nitrogens is 4. The zero-order valence-electron chi connectivity index (χ0n) is 10.1. The predicted molar refractivity (Wildman–Crippen MR) is 72.1 cm³/mol. The van der Waals surface area contributed by atoms with Crippen molar-refractivity contribution < 1.29 is 0 Å². The van der Waals surface area contributed by atoms with Crippen LogP contribution in [0.3, 0.4) is 0 Å². The second-order valence-electron chi connectivity index (χ2n) is 4.28. The highest BCUT2D eigenvalue weighted by atomic mass is 35.5. The first-order valence-corrected chi connectivity index (χ1v) is 7.15. The highest BCUT2D eigenvalue weighted by molar-refractivity contribution is 7.10. The Hall–Kier alpha value is -1.65. The fourth-order valence-electron chi connectivity index (χ4n) is 2.15. The zero-order valence-corrected chi connectivity index (χ0v) is 11.6. The van der Waals surface area contributed by atoms with Crippen LogP contribution in [-0.2, 0) is 19.5 Å². The molecule has 0 aromatic carbocycles. The van der Waals surface area contributed by atoms with Crippen molar-refractivity contribution in [1.29, 1.82) is 5.26 Å². The fraction of sp³-hybridized carbons (Fsp3) is 0.455. The topological polar surface area (TPSA) is 79.4 Å². The van der Waals surface area contributed by atoms with Gasteiger partial charge in [-0.15, -0.1) is 10.2 Å². The van der Waals surface area contributed by atoms with E-state index in [4.69, 9.17) is 16.9 Å². The van der Waals surface area contributed by atoms with Crippen LogP contribution in [0.25, 0.3) is 0 Å². The van der Waals surface area contributed by atoms with E-state index in [9.17, 15) is 0 Å². The third-order valence-corrected chi connectivity index (χ3v) is 4.28. The van der Waals surface area contributed by atoms with E-state index in [0.717, 1.165) is 31.0 Å². The summed E-state index contributed by atoms with van der Waals surface area (Å²) in [5.41, 5.74) is 0.394. The largest absolute Gasteiger partial charge is 0.367 e. The summed E-state index contributed by atoms with van der Waals surface area (Å²) in [5, 5.41) is 21.5. The van der Waals surface area contributed by atoms with Crippen molar-refractivity contribution in [3.8, 4) is 6.07 Å². The second kappa shape index (κ2) is 5.15. The Morgan fingerprint density at radius 3 is 3.16 bits per heavy atom. The molecule has 0 spiro atoms.